The quantitative estimate of drug-likeness (QED) is 0.384. The molecule has 0 bridgehead atoms. The fraction of sp³-hybridized carbons (Fsp3) is 0.0833. The number of rotatable bonds is 1. The van der Waals surface area contributed by atoms with Gasteiger partial charge in [0.05, 0.1) is 6.61 Å². The van der Waals surface area contributed by atoms with Gasteiger partial charge in [-0.3, -0.25) is 0 Å². The molecule has 1 N–H and O–H groups in total. The summed E-state index contributed by atoms with van der Waals surface area (Å²) < 4.78 is -1.22. The van der Waals surface area contributed by atoms with Gasteiger partial charge < -0.3 is 5.11 Å². The molecule has 1 aromatic carbocycles. The van der Waals surface area contributed by atoms with Gasteiger partial charge in [0.1, 0.15) is 0 Å². The van der Waals surface area contributed by atoms with Gasteiger partial charge in [0.15, 0.2) is 0 Å². The first kappa shape index (κ1) is 17.9. The number of terminal acetylenes is 2. The molecular formula is C12H10I3OV. The van der Waals surface area contributed by atoms with E-state index in [-0.39, 0.29) is 6.61 Å². The van der Waals surface area contributed by atoms with Crippen LogP contribution in [0.4, 0.5) is 0 Å². The summed E-state index contributed by atoms with van der Waals surface area (Å²) in [5, 5.41) is 12.7. The van der Waals surface area contributed by atoms with Gasteiger partial charge in [-0.2, -0.15) is 0 Å². The molecule has 0 saturated carbocycles. The van der Waals surface area contributed by atoms with E-state index in [1.165, 1.54) is 0 Å². The van der Waals surface area contributed by atoms with Gasteiger partial charge in [0, 0.05) is 11.1 Å². The van der Waals surface area contributed by atoms with Gasteiger partial charge >= 0.3 is 68.5 Å². The van der Waals surface area contributed by atoms with Crippen LogP contribution in [0.2, 0.25) is 0 Å². The van der Waals surface area contributed by atoms with Gasteiger partial charge in [-0.15, -0.1) is 12.8 Å². The van der Waals surface area contributed by atoms with E-state index in [0.29, 0.717) is 11.1 Å². The van der Waals surface area contributed by atoms with Gasteiger partial charge in [-0.25, -0.2) is 0 Å². The Morgan fingerprint density at radius 3 is 2.00 bits per heavy atom. The summed E-state index contributed by atoms with van der Waals surface area (Å²) in [5.41, 5.74) is 2.13. The third-order valence-corrected chi connectivity index (χ3v) is 1.58. The van der Waals surface area contributed by atoms with Crippen molar-refractivity contribution in [1.82, 2.24) is 0 Å². The summed E-state index contributed by atoms with van der Waals surface area (Å²) in [6, 6.07) is 5.21. The third kappa shape index (κ3) is 9.51. The average Bonchev–Trinajstić information content (AvgIpc) is 2.25. The van der Waals surface area contributed by atoms with Crippen molar-refractivity contribution in [2.24, 2.45) is 0 Å². The zero-order valence-corrected chi connectivity index (χ0v) is 16.7. The molecule has 90 valence electrons. The van der Waals surface area contributed by atoms with Crippen LogP contribution in [0.5, 0.6) is 0 Å². The minimum atomic E-state index is -1.22. The summed E-state index contributed by atoms with van der Waals surface area (Å²) >= 11 is 7.23. The van der Waals surface area contributed by atoms with Crippen molar-refractivity contribution in [3.63, 3.8) is 0 Å². The van der Waals surface area contributed by atoms with E-state index < -0.39 is 3.34 Å². The first-order valence-corrected chi connectivity index (χ1v) is 18.8. The summed E-state index contributed by atoms with van der Waals surface area (Å²) in [6.45, 7) is -0.0144. The van der Waals surface area contributed by atoms with E-state index in [9.17, 15) is 0 Å². The molecule has 0 aromatic heterocycles. The molecule has 0 radical (unpaired) electrons. The van der Waals surface area contributed by atoms with E-state index >= 15 is 0 Å². The zero-order chi connectivity index (χ0) is 13.5. The first-order valence-electron chi connectivity index (χ1n) is 4.31. The summed E-state index contributed by atoms with van der Waals surface area (Å²) in [7, 11) is 0. The molecule has 17 heavy (non-hydrogen) atoms. The molecular weight excluding hydrogens is 592 g/mol. The maximum atomic E-state index is 8.80. The van der Waals surface area contributed by atoms with Crippen molar-refractivity contribution in [1.29, 1.82) is 0 Å². The monoisotopic (exact) mass is 602 g/mol. The van der Waals surface area contributed by atoms with Gasteiger partial charge in [0.25, 0.3) is 0 Å². The topological polar surface area (TPSA) is 20.2 Å². The Bertz CT molecular complexity index is 497. The SMILES string of the molecule is C#Cc1ccc(CO)cc1C#C.[CH2]=[V]([I])([I])[I]. The van der Waals surface area contributed by atoms with Gasteiger partial charge in [-0.1, -0.05) is 17.9 Å². The number of halogens is 3. The molecule has 0 saturated heterocycles. The molecule has 0 heterocycles. The number of aliphatic hydroxyl groups excluding tert-OH is 1. The normalized spacial score (nSPS) is 9.53. The van der Waals surface area contributed by atoms with Crippen LogP contribution in [-0.4, -0.2) is 10.3 Å². The van der Waals surface area contributed by atoms with E-state index in [4.69, 9.17) is 18.0 Å². The Kier molecular flexibility index (Phi) is 9.44. The Balaban J connectivity index is 0.000000437. The zero-order valence-electron chi connectivity index (χ0n) is 8.83. The number of hydrogen-bond acceptors (Lipinski definition) is 1. The van der Waals surface area contributed by atoms with E-state index in [1.54, 1.807) is 18.2 Å². The standard InChI is InChI=1S/C11H8O.CH2.3HI.V/c1-3-10-6-5-9(8-12)7-11(10)4-2;;;;;/h1-2,5-7,12H,8H2;1H2;3*1H;/q;;;;;+3/p-3. The Labute approximate surface area is 137 Å². The van der Waals surface area contributed by atoms with Crippen molar-refractivity contribution in [3.8, 4) is 24.7 Å². The van der Waals surface area contributed by atoms with E-state index in [1.807, 2.05) is 0 Å². The van der Waals surface area contributed by atoms with Gasteiger partial charge in [0.2, 0.25) is 0 Å². The van der Waals surface area contributed by atoms with Crippen LogP contribution in [0.3, 0.4) is 0 Å². The van der Waals surface area contributed by atoms with Crippen LogP contribution in [0, 0.1) is 24.7 Å². The molecule has 0 aliphatic carbocycles. The Hall–Kier alpha value is 0.944. The molecule has 0 aliphatic rings. The van der Waals surface area contributed by atoms with Crippen molar-refractivity contribution in [3.05, 3.63) is 34.9 Å². The fourth-order valence-corrected chi connectivity index (χ4v) is 0.935. The predicted octanol–water partition coefficient (Wildman–Crippen LogP) is 3.76. The third-order valence-electron chi connectivity index (χ3n) is 1.58. The second kappa shape index (κ2) is 8.95. The molecule has 0 aliphatic heterocycles. The number of aliphatic hydroxyl groups is 1. The molecule has 1 rings (SSSR count). The fourth-order valence-electron chi connectivity index (χ4n) is 0.935. The summed E-state index contributed by atoms with van der Waals surface area (Å²) in [6.07, 6.45) is 10.4. The predicted molar refractivity (Wildman–Crippen MR) is 97.4 cm³/mol. The summed E-state index contributed by atoms with van der Waals surface area (Å²) in [4.78, 5) is 0. The Morgan fingerprint density at radius 1 is 1.18 bits per heavy atom. The first-order chi connectivity index (χ1) is 7.81. The van der Waals surface area contributed by atoms with Crippen molar-refractivity contribution >= 4 is 65.2 Å². The molecule has 0 atom stereocenters. The molecule has 0 fully saturated rings. The van der Waals surface area contributed by atoms with Crippen LogP contribution >= 0.6 is 59.9 Å². The van der Waals surface area contributed by atoms with Crippen LogP contribution in [-0.2, 0) is 9.95 Å². The Morgan fingerprint density at radius 2 is 1.65 bits per heavy atom. The second-order valence-corrected chi connectivity index (χ2v) is 47.8. The molecule has 0 unspecified atom stereocenters. The molecule has 1 nitrogen and oxygen atoms in total. The van der Waals surface area contributed by atoms with Crippen molar-refractivity contribution < 1.29 is 8.45 Å². The second-order valence-electron chi connectivity index (χ2n) is 2.88. The number of benzene rings is 1. The van der Waals surface area contributed by atoms with Crippen LogP contribution < -0.4 is 0 Å². The molecule has 0 spiro atoms. The van der Waals surface area contributed by atoms with E-state index in [2.05, 4.69) is 77.0 Å². The van der Waals surface area contributed by atoms with Crippen molar-refractivity contribution in [2.45, 2.75) is 6.61 Å². The molecule has 5 heteroatoms. The van der Waals surface area contributed by atoms with E-state index in [0.717, 1.165) is 5.56 Å². The average molecular weight is 602 g/mol. The minimum absolute atomic E-state index is 0.0144. The molecule has 0 amide bonds. The van der Waals surface area contributed by atoms with Gasteiger partial charge in [-0.05, 0) is 17.7 Å². The van der Waals surface area contributed by atoms with Crippen molar-refractivity contribution in [2.75, 3.05) is 0 Å². The van der Waals surface area contributed by atoms with Crippen LogP contribution in [0.25, 0.3) is 0 Å². The maximum absolute atomic E-state index is 8.80. The van der Waals surface area contributed by atoms with Crippen LogP contribution in [0.15, 0.2) is 18.2 Å². The van der Waals surface area contributed by atoms with Crippen LogP contribution in [0.1, 0.15) is 16.7 Å². The number of hydrogen-bond donors (Lipinski definition) is 1. The summed E-state index contributed by atoms with van der Waals surface area (Å²) in [5.74, 6) is 4.94. The molecule has 1 aromatic rings.